The predicted octanol–water partition coefficient (Wildman–Crippen LogP) is 6.62. The average Bonchev–Trinajstić information content (AvgIpc) is 3.64. The third kappa shape index (κ3) is 5.44. The molecule has 0 bridgehead atoms. The van der Waals surface area contributed by atoms with Crippen molar-refractivity contribution in [2.75, 3.05) is 12.3 Å². The number of nitrogens with two attached hydrogens (primary N) is 1. The molecule has 3 N–H and O–H groups in total. The summed E-state index contributed by atoms with van der Waals surface area (Å²) in [5, 5.41) is 11.0. The number of nitrogen functional groups attached to an aromatic ring is 1. The lowest BCUT2D eigenvalue weighted by Crippen LogP contribution is -2.35. The molecule has 0 unspecified atom stereocenters. The summed E-state index contributed by atoms with van der Waals surface area (Å²) in [5.74, 6) is -1.06. The number of carbonyl (C=O) groups is 1. The van der Waals surface area contributed by atoms with Crippen LogP contribution in [0, 0.1) is 5.82 Å². The minimum Gasteiger partial charge on any atom is -0.397 e. The van der Waals surface area contributed by atoms with Gasteiger partial charge in [-0.3, -0.25) is 4.79 Å². The van der Waals surface area contributed by atoms with E-state index in [-0.39, 0.29) is 28.8 Å². The van der Waals surface area contributed by atoms with Gasteiger partial charge in [0.25, 0.3) is 5.91 Å². The Morgan fingerprint density at radius 1 is 1.06 bits per heavy atom. The fraction of sp³-hybridized carbons (Fsp3) is 0.240. The van der Waals surface area contributed by atoms with Gasteiger partial charge in [-0.2, -0.15) is 0 Å². The van der Waals surface area contributed by atoms with Crippen molar-refractivity contribution in [3.05, 3.63) is 97.7 Å². The zero-order valence-corrected chi connectivity index (χ0v) is 19.8. The highest BCUT2D eigenvalue weighted by molar-refractivity contribution is 6.37. The van der Waals surface area contributed by atoms with Gasteiger partial charge in [0.15, 0.2) is 5.82 Å². The molecule has 0 heterocycles. The standard InChI is InChI=1S/C25H22Cl3FN2O2/c26-18-9-7-17(8-10-18)21(32)13-31(12-14-1-3-15(4-2-14)16-5-6-16)25(33)22-23(29)19(27)11-20(28)24(22)30/h1-4,7-11,16,21,32H,5-6,12-13,30H2/t21-/m0/s1. The van der Waals surface area contributed by atoms with Crippen LogP contribution in [0.25, 0.3) is 0 Å². The summed E-state index contributed by atoms with van der Waals surface area (Å²) in [6.45, 7) is 0.0330. The van der Waals surface area contributed by atoms with Crippen LogP contribution in [0.3, 0.4) is 0 Å². The van der Waals surface area contributed by atoms with Gasteiger partial charge in [-0.1, -0.05) is 71.2 Å². The third-order valence-corrected chi connectivity index (χ3v) is 6.60. The molecule has 1 amide bonds. The largest absolute Gasteiger partial charge is 0.397 e. The Balaban J connectivity index is 1.65. The fourth-order valence-electron chi connectivity index (χ4n) is 3.73. The van der Waals surface area contributed by atoms with Crippen LogP contribution >= 0.6 is 34.8 Å². The highest BCUT2D eigenvalue weighted by atomic mass is 35.5. The van der Waals surface area contributed by atoms with E-state index in [1.54, 1.807) is 24.3 Å². The van der Waals surface area contributed by atoms with Crippen LogP contribution in [0.2, 0.25) is 15.1 Å². The number of anilines is 1. The van der Waals surface area contributed by atoms with Crippen molar-refractivity contribution in [3.8, 4) is 0 Å². The van der Waals surface area contributed by atoms with E-state index in [0.29, 0.717) is 16.5 Å². The quantitative estimate of drug-likeness (QED) is 0.279. The highest BCUT2D eigenvalue weighted by Crippen LogP contribution is 2.40. The Hall–Kier alpha value is -2.31. The van der Waals surface area contributed by atoms with Gasteiger partial charge in [0.05, 0.1) is 28.4 Å². The van der Waals surface area contributed by atoms with Crippen LogP contribution in [0.15, 0.2) is 54.6 Å². The molecular weight excluding hydrogens is 486 g/mol. The number of amides is 1. The molecule has 4 nitrogen and oxygen atoms in total. The van der Waals surface area contributed by atoms with Gasteiger partial charge >= 0.3 is 0 Å². The van der Waals surface area contributed by atoms with Crippen LogP contribution < -0.4 is 5.73 Å². The predicted molar refractivity (Wildman–Crippen MR) is 130 cm³/mol. The maximum Gasteiger partial charge on any atom is 0.259 e. The molecule has 1 aliphatic rings. The number of aliphatic hydroxyl groups is 1. The first-order valence-electron chi connectivity index (χ1n) is 10.5. The summed E-state index contributed by atoms with van der Waals surface area (Å²) < 4.78 is 14.9. The minimum absolute atomic E-state index is 0.0169. The van der Waals surface area contributed by atoms with Gasteiger partial charge in [0.1, 0.15) is 5.56 Å². The summed E-state index contributed by atoms with van der Waals surface area (Å²) in [4.78, 5) is 14.8. The molecule has 1 atom stereocenters. The van der Waals surface area contributed by atoms with Crippen molar-refractivity contribution in [3.63, 3.8) is 0 Å². The average molecular weight is 508 g/mol. The molecule has 33 heavy (non-hydrogen) atoms. The lowest BCUT2D eigenvalue weighted by molar-refractivity contribution is 0.0600. The topological polar surface area (TPSA) is 66.6 Å². The number of halogens is 4. The van der Waals surface area contributed by atoms with Crippen molar-refractivity contribution in [2.45, 2.75) is 31.4 Å². The van der Waals surface area contributed by atoms with E-state index in [2.05, 4.69) is 0 Å². The number of carbonyl (C=O) groups excluding carboxylic acids is 1. The first-order valence-corrected chi connectivity index (χ1v) is 11.6. The number of aliphatic hydroxyl groups excluding tert-OH is 1. The Morgan fingerprint density at radius 2 is 1.70 bits per heavy atom. The maximum atomic E-state index is 14.9. The molecule has 0 aromatic heterocycles. The molecular formula is C25H22Cl3FN2O2. The number of benzene rings is 3. The van der Waals surface area contributed by atoms with Gasteiger partial charge < -0.3 is 15.7 Å². The second-order valence-electron chi connectivity index (χ2n) is 8.21. The maximum absolute atomic E-state index is 14.9. The van der Waals surface area contributed by atoms with Crippen LogP contribution in [0.5, 0.6) is 0 Å². The molecule has 3 aromatic carbocycles. The van der Waals surface area contributed by atoms with Crippen LogP contribution in [-0.4, -0.2) is 22.5 Å². The molecule has 1 saturated carbocycles. The Kier molecular flexibility index (Phi) is 7.15. The Morgan fingerprint density at radius 3 is 2.30 bits per heavy atom. The zero-order chi connectivity index (χ0) is 23.7. The second-order valence-corrected chi connectivity index (χ2v) is 9.46. The number of hydrogen-bond acceptors (Lipinski definition) is 3. The molecule has 3 aromatic rings. The first-order chi connectivity index (χ1) is 15.7. The van der Waals surface area contributed by atoms with Gasteiger partial charge in [0, 0.05) is 11.6 Å². The Labute approximate surface area is 206 Å². The van der Waals surface area contributed by atoms with E-state index < -0.39 is 23.4 Å². The van der Waals surface area contributed by atoms with Crippen LogP contribution in [0.1, 0.15) is 51.9 Å². The molecule has 1 aliphatic carbocycles. The van der Waals surface area contributed by atoms with Crippen molar-refractivity contribution >= 4 is 46.4 Å². The lowest BCUT2D eigenvalue weighted by atomic mass is 10.0. The molecule has 0 aliphatic heterocycles. The summed E-state index contributed by atoms with van der Waals surface area (Å²) in [6.07, 6.45) is 1.34. The molecule has 0 radical (unpaired) electrons. The Bertz CT molecular complexity index is 1140. The summed E-state index contributed by atoms with van der Waals surface area (Å²) in [6, 6.07) is 15.8. The van der Waals surface area contributed by atoms with Gasteiger partial charge in [0.2, 0.25) is 0 Å². The SMILES string of the molecule is Nc1c(Cl)cc(Cl)c(F)c1C(=O)N(Cc1ccc(C2CC2)cc1)C[C@H](O)c1ccc(Cl)cc1. The fourth-order valence-corrected chi connectivity index (χ4v) is 4.32. The summed E-state index contributed by atoms with van der Waals surface area (Å²) >= 11 is 17.9. The minimum atomic E-state index is -1.03. The van der Waals surface area contributed by atoms with Crippen molar-refractivity contribution in [1.29, 1.82) is 0 Å². The summed E-state index contributed by atoms with van der Waals surface area (Å²) in [7, 11) is 0. The van der Waals surface area contributed by atoms with E-state index >= 15 is 0 Å². The van der Waals surface area contributed by atoms with E-state index in [9.17, 15) is 14.3 Å². The monoisotopic (exact) mass is 506 g/mol. The molecule has 4 rings (SSSR count). The number of hydrogen-bond donors (Lipinski definition) is 2. The molecule has 172 valence electrons. The van der Waals surface area contributed by atoms with Crippen molar-refractivity contribution in [1.82, 2.24) is 4.90 Å². The van der Waals surface area contributed by atoms with Crippen LogP contribution in [-0.2, 0) is 6.54 Å². The molecule has 8 heteroatoms. The van der Waals surface area contributed by atoms with Gasteiger partial charge in [-0.25, -0.2) is 4.39 Å². The summed E-state index contributed by atoms with van der Waals surface area (Å²) in [5.41, 5.74) is 8.00. The second kappa shape index (κ2) is 9.90. The van der Waals surface area contributed by atoms with E-state index in [1.807, 2.05) is 24.3 Å². The van der Waals surface area contributed by atoms with Gasteiger partial charge in [-0.15, -0.1) is 0 Å². The molecule has 0 saturated heterocycles. The number of rotatable bonds is 7. The van der Waals surface area contributed by atoms with Gasteiger partial charge in [-0.05, 0) is 53.6 Å². The molecule has 1 fully saturated rings. The highest BCUT2D eigenvalue weighted by Gasteiger charge is 2.28. The normalized spacial score (nSPS) is 14.2. The third-order valence-electron chi connectivity index (χ3n) is 5.76. The molecule has 0 spiro atoms. The van der Waals surface area contributed by atoms with E-state index in [0.717, 1.165) is 11.6 Å². The number of nitrogens with zero attached hydrogens (tertiary/aromatic N) is 1. The zero-order valence-electron chi connectivity index (χ0n) is 17.6. The van der Waals surface area contributed by atoms with E-state index in [1.165, 1.54) is 23.3 Å². The van der Waals surface area contributed by atoms with Crippen molar-refractivity contribution < 1.29 is 14.3 Å². The van der Waals surface area contributed by atoms with E-state index in [4.69, 9.17) is 40.5 Å². The van der Waals surface area contributed by atoms with Crippen molar-refractivity contribution in [2.24, 2.45) is 0 Å². The first kappa shape index (κ1) is 23.8. The lowest BCUT2D eigenvalue weighted by Gasteiger charge is -2.27. The van der Waals surface area contributed by atoms with Crippen LogP contribution in [0.4, 0.5) is 10.1 Å². The smallest absolute Gasteiger partial charge is 0.259 e.